The van der Waals surface area contributed by atoms with Crippen LogP contribution in [0.4, 0.5) is 4.79 Å². The summed E-state index contributed by atoms with van der Waals surface area (Å²) in [5.74, 6) is -0.673. The van der Waals surface area contributed by atoms with Gasteiger partial charge in [-0.2, -0.15) is 0 Å². The van der Waals surface area contributed by atoms with Crippen molar-refractivity contribution in [3.63, 3.8) is 0 Å². The molecule has 128 valence electrons. The molecule has 1 aliphatic rings. The second-order valence-electron chi connectivity index (χ2n) is 5.42. The molecule has 0 aliphatic carbocycles. The van der Waals surface area contributed by atoms with Crippen molar-refractivity contribution in [2.45, 2.75) is 13.8 Å². The number of nitrogens with one attached hydrogen (secondary N) is 1. The molecule has 1 aliphatic heterocycles. The zero-order valence-electron chi connectivity index (χ0n) is 13.1. The highest BCUT2D eigenvalue weighted by Gasteiger charge is 2.34. The summed E-state index contributed by atoms with van der Waals surface area (Å²) in [7, 11) is 0. The number of imide groups is 1. The molecule has 24 heavy (non-hydrogen) atoms. The number of halogens is 2. The summed E-state index contributed by atoms with van der Waals surface area (Å²) in [4.78, 5) is 37.3. The first-order chi connectivity index (χ1) is 11.3. The third-order valence-corrected chi connectivity index (χ3v) is 5.04. The van der Waals surface area contributed by atoms with Crippen LogP contribution in [0.1, 0.15) is 19.4 Å². The van der Waals surface area contributed by atoms with E-state index < -0.39 is 5.91 Å². The fraction of sp³-hybridized carbons (Fsp3) is 0.312. The van der Waals surface area contributed by atoms with E-state index >= 15 is 0 Å². The topological polar surface area (TPSA) is 66.5 Å². The Kier molecular flexibility index (Phi) is 6.32. The molecular formula is C16H16Cl2N2O3S. The van der Waals surface area contributed by atoms with Crippen molar-refractivity contribution in [1.82, 2.24) is 10.2 Å². The summed E-state index contributed by atoms with van der Waals surface area (Å²) in [6.07, 6.45) is 1.55. The SMILES string of the molecule is CC(C)C(=O)NCCN1C(=O)SC(=Cc2cccc(Cl)c2Cl)C1=O. The quantitative estimate of drug-likeness (QED) is 0.781. The van der Waals surface area contributed by atoms with Crippen molar-refractivity contribution in [1.29, 1.82) is 0 Å². The first-order valence-electron chi connectivity index (χ1n) is 7.28. The van der Waals surface area contributed by atoms with E-state index in [2.05, 4.69) is 5.32 Å². The van der Waals surface area contributed by atoms with E-state index in [4.69, 9.17) is 23.2 Å². The van der Waals surface area contributed by atoms with Crippen molar-refractivity contribution in [3.05, 3.63) is 38.7 Å². The van der Waals surface area contributed by atoms with Crippen LogP contribution in [0.25, 0.3) is 6.08 Å². The smallest absolute Gasteiger partial charge is 0.293 e. The van der Waals surface area contributed by atoms with E-state index in [1.807, 2.05) is 0 Å². The Bertz CT molecular complexity index is 719. The maximum atomic E-state index is 12.4. The number of nitrogens with zero attached hydrogens (tertiary/aromatic N) is 1. The third kappa shape index (κ3) is 4.32. The molecule has 3 amide bonds. The normalized spacial score (nSPS) is 16.4. The molecule has 0 unspecified atom stereocenters. The van der Waals surface area contributed by atoms with Gasteiger partial charge < -0.3 is 5.32 Å². The van der Waals surface area contributed by atoms with Crippen LogP contribution in [0.5, 0.6) is 0 Å². The number of carbonyl (C=O) groups is 3. The van der Waals surface area contributed by atoms with E-state index in [0.29, 0.717) is 15.6 Å². The summed E-state index contributed by atoms with van der Waals surface area (Å²) in [6, 6.07) is 5.07. The van der Waals surface area contributed by atoms with Crippen LogP contribution in [0, 0.1) is 5.92 Å². The van der Waals surface area contributed by atoms with Crippen LogP contribution in [0.2, 0.25) is 10.0 Å². The summed E-state index contributed by atoms with van der Waals surface area (Å²) in [5, 5.41) is 3.01. The van der Waals surface area contributed by atoms with Gasteiger partial charge in [-0.25, -0.2) is 0 Å². The lowest BCUT2D eigenvalue weighted by Gasteiger charge is -2.13. The molecule has 1 N–H and O–H groups in total. The van der Waals surface area contributed by atoms with Crippen molar-refractivity contribution >= 4 is 58.1 Å². The van der Waals surface area contributed by atoms with Crippen LogP contribution < -0.4 is 5.32 Å². The number of benzene rings is 1. The number of carbonyl (C=O) groups excluding carboxylic acids is 3. The molecule has 0 saturated carbocycles. The predicted octanol–water partition coefficient (Wildman–Crippen LogP) is 3.80. The molecule has 0 aromatic heterocycles. The molecule has 2 rings (SSSR count). The monoisotopic (exact) mass is 386 g/mol. The Labute approximate surface area is 154 Å². The molecule has 0 bridgehead atoms. The average Bonchev–Trinajstić information content (AvgIpc) is 2.79. The van der Waals surface area contributed by atoms with Gasteiger partial charge in [0.25, 0.3) is 11.1 Å². The summed E-state index contributed by atoms with van der Waals surface area (Å²) >= 11 is 12.9. The fourth-order valence-electron chi connectivity index (χ4n) is 1.96. The van der Waals surface area contributed by atoms with Gasteiger partial charge >= 0.3 is 0 Å². The molecule has 1 aromatic rings. The molecule has 1 aromatic carbocycles. The van der Waals surface area contributed by atoms with E-state index in [1.54, 1.807) is 38.1 Å². The van der Waals surface area contributed by atoms with Crippen molar-refractivity contribution in [3.8, 4) is 0 Å². The second-order valence-corrected chi connectivity index (χ2v) is 7.20. The van der Waals surface area contributed by atoms with Gasteiger partial charge in [0.2, 0.25) is 5.91 Å². The Morgan fingerprint density at radius 2 is 2.04 bits per heavy atom. The van der Waals surface area contributed by atoms with E-state index in [1.165, 1.54) is 0 Å². The van der Waals surface area contributed by atoms with Crippen molar-refractivity contribution in [2.75, 3.05) is 13.1 Å². The summed E-state index contributed by atoms with van der Waals surface area (Å²) in [6.45, 7) is 3.89. The lowest BCUT2D eigenvalue weighted by molar-refractivity contribution is -0.125. The molecule has 0 atom stereocenters. The molecule has 1 heterocycles. The number of hydrogen-bond donors (Lipinski definition) is 1. The van der Waals surface area contributed by atoms with E-state index in [9.17, 15) is 14.4 Å². The Balaban J connectivity index is 2.07. The highest BCUT2D eigenvalue weighted by molar-refractivity contribution is 8.18. The predicted molar refractivity (Wildman–Crippen MR) is 97.0 cm³/mol. The Hall–Kier alpha value is -1.50. The second kappa shape index (κ2) is 8.05. The molecule has 1 saturated heterocycles. The Morgan fingerprint density at radius 3 is 2.71 bits per heavy atom. The van der Waals surface area contributed by atoms with Gasteiger partial charge in [0.1, 0.15) is 0 Å². The summed E-state index contributed by atoms with van der Waals surface area (Å²) < 4.78 is 0. The molecular weight excluding hydrogens is 371 g/mol. The van der Waals surface area contributed by atoms with Gasteiger partial charge in [-0.05, 0) is 29.5 Å². The van der Waals surface area contributed by atoms with Crippen molar-refractivity contribution < 1.29 is 14.4 Å². The number of thioether (sulfide) groups is 1. The van der Waals surface area contributed by atoms with Gasteiger partial charge in [0.05, 0.1) is 15.0 Å². The van der Waals surface area contributed by atoms with Gasteiger partial charge in [-0.15, -0.1) is 0 Å². The highest BCUT2D eigenvalue weighted by Crippen LogP contribution is 2.34. The van der Waals surface area contributed by atoms with Gasteiger partial charge in [0.15, 0.2) is 0 Å². The molecule has 5 nitrogen and oxygen atoms in total. The highest BCUT2D eigenvalue weighted by atomic mass is 35.5. The zero-order valence-corrected chi connectivity index (χ0v) is 15.5. The Morgan fingerprint density at radius 1 is 1.33 bits per heavy atom. The first-order valence-corrected chi connectivity index (χ1v) is 8.85. The first kappa shape index (κ1) is 18.8. The average molecular weight is 387 g/mol. The minimum absolute atomic E-state index is 0.122. The molecule has 8 heteroatoms. The number of rotatable bonds is 5. The van der Waals surface area contributed by atoms with Crippen LogP contribution in [0.15, 0.2) is 23.1 Å². The van der Waals surface area contributed by atoms with Gasteiger partial charge in [-0.1, -0.05) is 49.2 Å². The van der Waals surface area contributed by atoms with Crippen LogP contribution in [-0.2, 0) is 9.59 Å². The minimum atomic E-state index is -0.403. The van der Waals surface area contributed by atoms with E-state index in [0.717, 1.165) is 16.7 Å². The third-order valence-electron chi connectivity index (χ3n) is 3.30. The van der Waals surface area contributed by atoms with Gasteiger partial charge in [0, 0.05) is 19.0 Å². The summed E-state index contributed by atoms with van der Waals surface area (Å²) in [5.41, 5.74) is 0.572. The number of hydrogen-bond acceptors (Lipinski definition) is 4. The van der Waals surface area contributed by atoms with Crippen LogP contribution in [-0.4, -0.2) is 35.0 Å². The van der Waals surface area contributed by atoms with Crippen LogP contribution >= 0.6 is 35.0 Å². The maximum Gasteiger partial charge on any atom is 0.293 e. The molecule has 1 fully saturated rings. The molecule has 0 spiro atoms. The molecule has 0 radical (unpaired) electrons. The lowest BCUT2D eigenvalue weighted by Crippen LogP contribution is -2.38. The van der Waals surface area contributed by atoms with E-state index in [-0.39, 0.29) is 35.1 Å². The van der Waals surface area contributed by atoms with Crippen molar-refractivity contribution in [2.24, 2.45) is 5.92 Å². The lowest BCUT2D eigenvalue weighted by atomic mass is 10.2. The van der Waals surface area contributed by atoms with Crippen LogP contribution in [0.3, 0.4) is 0 Å². The minimum Gasteiger partial charge on any atom is -0.354 e. The largest absolute Gasteiger partial charge is 0.354 e. The standard InChI is InChI=1S/C16H16Cl2N2O3S/c1-9(2)14(21)19-6-7-20-15(22)12(24-16(20)23)8-10-4-3-5-11(17)13(10)18/h3-5,8-9H,6-7H2,1-2H3,(H,19,21). The maximum absolute atomic E-state index is 12.4. The fourth-order valence-corrected chi connectivity index (χ4v) is 3.18. The number of amides is 3. The zero-order chi connectivity index (χ0) is 17.9. The van der Waals surface area contributed by atoms with Gasteiger partial charge in [-0.3, -0.25) is 19.3 Å².